The second kappa shape index (κ2) is 8.09. The molecule has 140 valence electrons. The van der Waals surface area contributed by atoms with E-state index in [1.807, 2.05) is 55.5 Å². The highest BCUT2D eigenvalue weighted by molar-refractivity contribution is 5.79. The van der Waals surface area contributed by atoms with Gasteiger partial charge in [0.15, 0.2) is 0 Å². The van der Waals surface area contributed by atoms with Crippen LogP contribution in [0.2, 0.25) is 0 Å². The molecule has 1 N–H and O–H groups in total. The predicted molar refractivity (Wildman–Crippen MR) is 111 cm³/mol. The Kier molecular flexibility index (Phi) is 5.20. The Morgan fingerprint density at radius 1 is 1.04 bits per heavy atom. The zero-order valence-corrected chi connectivity index (χ0v) is 15.8. The fourth-order valence-corrected chi connectivity index (χ4v) is 3.65. The zero-order valence-electron chi connectivity index (χ0n) is 15.8. The summed E-state index contributed by atoms with van der Waals surface area (Å²) in [7, 11) is 0. The number of nitrogens with zero attached hydrogens (tertiary/aromatic N) is 1. The topological polar surface area (TPSA) is 51.2 Å². The highest BCUT2D eigenvalue weighted by Crippen LogP contribution is 2.44. The van der Waals surface area contributed by atoms with E-state index in [1.54, 1.807) is 6.20 Å². The van der Waals surface area contributed by atoms with Crippen molar-refractivity contribution in [3.63, 3.8) is 0 Å². The van der Waals surface area contributed by atoms with Gasteiger partial charge in [-0.25, -0.2) is 4.79 Å². The Balaban J connectivity index is 1.35. The third kappa shape index (κ3) is 3.67. The second-order valence-electron chi connectivity index (χ2n) is 6.79. The number of aryl methyl sites for hydroxylation is 1. The Hall–Kier alpha value is -3.40. The average molecular weight is 370 g/mol. The normalized spacial score (nSPS) is 12.6. The van der Waals surface area contributed by atoms with Crippen molar-refractivity contribution in [3.8, 4) is 11.1 Å². The molecule has 1 heterocycles. The maximum absolute atomic E-state index is 12.1. The van der Waals surface area contributed by atoms with Crippen LogP contribution in [0.3, 0.4) is 0 Å². The van der Waals surface area contributed by atoms with Crippen molar-refractivity contribution >= 4 is 12.2 Å². The number of aromatic nitrogens is 1. The number of hydrogen-bond donors (Lipinski definition) is 1. The Bertz CT molecular complexity index is 981. The van der Waals surface area contributed by atoms with E-state index < -0.39 is 6.09 Å². The third-order valence-corrected chi connectivity index (χ3v) is 5.05. The van der Waals surface area contributed by atoms with E-state index in [1.165, 1.54) is 22.3 Å². The first kappa shape index (κ1) is 18.0. The van der Waals surface area contributed by atoms with E-state index in [2.05, 4.69) is 34.6 Å². The van der Waals surface area contributed by atoms with Crippen LogP contribution in [-0.4, -0.2) is 24.2 Å². The van der Waals surface area contributed by atoms with Gasteiger partial charge in [-0.1, -0.05) is 66.7 Å². The molecule has 1 aromatic heterocycles. The summed E-state index contributed by atoms with van der Waals surface area (Å²) in [6.45, 7) is 2.69. The van der Waals surface area contributed by atoms with E-state index in [4.69, 9.17) is 4.74 Å². The Morgan fingerprint density at radius 3 is 2.39 bits per heavy atom. The molecule has 4 rings (SSSR count). The first-order valence-electron chi connectivity index (χ1n) is 9.41. The summed E-state index contributed by atoms with van der Waals surface area (Å²) in [5.41, 5.74) is 6.87. The van der Waals surface area contributed by atoms with Gasteiger partial charge in [-0.15, -0.1) is 0 Å². The number of benzene rings is 2. The van der Waals surface area contributed by atoms with Crippen LogP contribution in [0.15, 0.2) is 72.9 Å². The van der Waals surface area contributed by atoms with E-state index in [-0.39, 0.29) is 5.92 Å². The van der Waals surface area contributed by atoms with Gasteiger partial charge < -0.3 is 10.1 Å². The number of carbonyl (C=O) groups is 1. The van der Waals surface area contributed by atoms with Crippen molar-refractivity contribution in [1.29, 1.82) is 0 Å². The van der Waals surface area contributed by atoms with Crippen molar-refractivity contribution < 1.29 is 9.53 Å². The molecule has 1 aliphatic carbocycles. The lowest BCUT2D eigenvalue weighted by Gasteiger charge is -2.14. The van der Waals surface area contributed by atoms with E-state index >= 15 is 0 Å². The number of hydrogen-bond acceptors (Lipinski definition) is 3. The van der Waals surface area contributed by atoms with Gasteiger partial charge in [-0.2, -0.15) is 0 Å². The smallest absolute Gasteiger partial charge is 0.407 e. The molecule has 0 fully saturated rings. The molecule has 0 saturated carbocycles. The molecule has 0 atom stereocenters. The van der Waals surface area contributed by atoms with Crippen molar-refractivity contribution in [1.82, 2.24) is 10.3 Å². The van der Waals surface area contributed by atoms with Crippen molar-refractivity contribution in [3.05, 3.63) is 95.3 Å². The van der Waals surface area contributed by atoms with Crippen LogP contribution in [0.1, 0.15) is 28.3 Å². The molecule has 2 aromatic carbocycles. The Morgan fingerprint density at radius 2 is 1.71 bits per heavy atom. The lowest BCUT2D eigenvalue weighted by atomic mass is 9.98. The molecule has 3 aromatic rings. The van der Waals surface area contributed by atoms with Crippen LogP contribution >= 0.6 is 0 Å². The third-order valence-electron chi connectivity index (χ3n) is 5.05. The van der Waals surface area contributed by atoms with Crippen LogP contribution in [0.4, 0.5) is 4.79 Å². The number of pyridine rings is 1. The molecule has 0 saturated heterocycles. The summed E-state index contributed by atoms with van der Waals surface area (Å²) in [6.07, 6.45) is 5.20. The molecule has 0 spiro atoms. The predicted octanol–water partition coefficient (Wildman–Crippen LogP) is 4.94. The van der Waals surface area contributed by atoms with Gasteiger partial charge in [0.1, 0.15) is 6.61 Å². The molecule has 4 nitrogen and oxygen atoms in total. The summed E-state index contributed by atoms with van der Waals surface area (Å²) in [5.74, 6) is 0.0757. The van der Waals surface area contributed by atoms with Crippen molar-refractivity contribution in [2.75, 3.05) is 13.2 Å². The van der Waals surface area contributed by atoms with Gasteiger partial charge in [-0.05, 0) is 40.8 Å². The minimum Gasteiger partial charge on any atom is -0.449 e. The lowest BCUT2D eigenvalue weighted by Crippen LogP contribution is -2.26. The van der Waals surface area contributed by atoms with Crippen LogP contribution in [0.25, 0.3) is 17.2 Å². The highest BCUT2D eigenvalue weighted by Gasteiger charge is 2.28. The monoisotopic (exact) mass is 370 g/mol. The minimum absolute atomic E-state index is 0.0757. The fourth-order valence-electron chi connectivity index (χ4n) is 3.65. The number of ether oxygens (including phenoxy) is 1. The van der Waals surface area contributed by atoms with Crippen LogP contribution in [-0.2, 0) is 4.74 Å². The van der Waals surface area contributed by atoms with Crippen LogP contribution < -0.4 is 5.32 Å². The second-order valence-corrected chi connectivity index (χ2v) is 6.79. The van der Waals surface area contributed by atoms with E-state index in [9.17, 15) is 4.79 Å². The van der Waals surface area contributed by atoms with Gasteiger partial charge in [0.25, 0.3) is 0 Å². The fraction of sp³-hybridized carbons (Fsp3) is 0.167. The van der Waals surface area contributed by atoms with Crippen molar-refractivity contribution in [2.24, 2.45) is 0 Å². The molecule has 1 aliphatic rings. The quantitative estimate of drug-likeness (QED) is 0.692. The highest BCUT2D eigenvalue weighted by atomic mass is 16.5. The van der Waals surface area contributed by atoms with Gasteiger partial charge in [0, 0.05) is 24.4 Å². The first-order chi connectivity index (χ1) is 13.7. The molecule has 0 bridgehead atoms. The van der Waals surface area contributed by atoms with Gasteiger partial charge in [0.2, 0.25) is 0 Å². The number of amides is 1. The Labute approximate surface area is 164 Å². The first-order valence-corrected chi connectivity index (χ1v) is 9.41. The zero-order chi connectivity index (χ0) is 19.3. The van der Waals surface area contributed by atoms with Crippen molar-refractivity contribution in [2.45, 2.75) is 12.8 Å². The molecule has 0 aliphatic heterocycles. The number of rotatable bonds is 5. The van der Waals surface area contributed by atoms with Gasteiger partial charge in [-0.3, -0.25) is 4.98 Å². The number of carbonyl (C=O) groups excluding carboxylic acids is 1. The van der Waals surface area contributed by atoms with E-state index in [0.717, 1.165) is 11.3 Å². The number of nitrogens with one attached hydrogen (secondary N) is 1. The standard InChI is InChI=1S/C24H22N2O2/c1-17-18(8-6-14-25-17)9-7-15-26-24(27)28-16-23-21-12-4-2-10-19(21)20-11-3-5-13-22(20)23/h2-14,23H,15-16H2,1H3,(H,26,27). The number of fused-ring (bicyclic) bond motifs is 3. The molecule has 4 heteroatoms. The summed E-state index contributed by atoms with van der Waals surface area (Å²) < 4.78 is 5.52. The molecular weight excluding hydrogens is 348 g/mol. The molecule has 0 radical (unpaired) electrons. The summed E-state index contributed by atoms with van der Waals surface area (Å²) in [6, 6.07) is 20.5. The minimum atomic E-state index is -0.408. The van der Waals surface area contributed by atoms with Crippen LogP contribution in [0.5, 0.6) is 0 Å². The maximum atomic E-state index is 12.1. The van der Waals surface area contributed by atoms with Gasteiger partial charge >= 0.3 is 6.09 Å². The van der Waals surface area contributed by atoms with Crippen LogP contribution in [0, 0.1) is 6.92 Å². The summed E-state index contributed by atoms with van der Waals surface area (Å²) in [4.78, 5) is 16.4. The summed E-state index contributed by atoms with van der Waals surface area (Å²) in [5, 5.41) is 2.78. The molecule has 0 unspecified atom stereocenters. The van der Waals surface area contributed by atoms with E-state index in [0.29, 0.717) is 13.2 Å². The number of alkyl carbamates (subject to hydrolysis) is 1. The summed E-state index contributed by atoms with van der Waals surface area (Å²) >= 11 is 0. The largest absolute Gasteiger partial charge is 0.449 e. The average Bonchev–Trinajstić information content (AvgIpc) is 3.05. The maximum Gasteiger partial charge on any atom is 0.407 e. The molecule has 28 heavy (non-hydrogen) atoms. The van der Waals surface area contributed by atoms with Gasteiger partial charge in [0.05, 0.1) is 0 Å². The molecular formula is C24H22N2O2. The lowest BCUT2D eigenvalue weighted by molar-refractivity contribution is 0.144. The SMILES string of the molecule is Cc1ncccc1C=CCNC(=O)OCC1c2ccccc2-c2ccccc21. The molecule has 1 amide bonds.